The highest BCUT2D eigenvalue weighted by Gasteiger charge is 2.04. The molecule has 0 bridgehead atoms. The molecule has 0 N–H and O–H groups in total. The van der Waals surface area contributed by atoms with Crippen LogP contribution in [0.2, 0.25) is 0 Å². The Kier molecular flexibility index (Phi) is 3.50. The fourth-order valence-corrected chi connectivity index (χ4v) is 1.96. The number of aryl methyl sites for hydroxylation is 1. The van der Waals surface area contributed by atoms with Crippen LogP contribution < -0.4 is 0 Å². The molecule has 0 saturated carbocycles. The van der Waals surface area contributed by atoms with Crippen LogP contribution in [0.15, 0.2) is 42.5 Å². The summed E-state index contributed by atoms with van der Waals surface area (Å²) >= 11 is 0. The largest absolute Gasteiger partial charge is 0.238 e. The van der Waals surface area contributed by atoms with Gasteiger partial charge in [-0.15, -0.1) is 0 Å². The maximum atomic E-state index is 12.1. The van der Waals surface area contributed by atoms with Gasteiger partial charge in [-0.3, -0.25) is 0 Å². The Labute approximate surface area is 93.9 Å². The van der Waals surface area contributed by atoms with Gasteiger partial charge in [0.1, 0.15) is 0 Å². The molecule has 0 aliphatic carbocycles. The molecule has 0 atom stereocenters. The monoisotopic (exact) mass is 220 g/mol. The Morgan fingerprint density at radius 3 is 2.50 bits per heavy atom. The van der Waals surface area contributed by atoms with Gasteiger partial charge in [-0.2, -0.15) is 0 Å². The van der Waals surface area contributed by atoms with Crippen molar-refractivity contribution in [3.8, 4) is 0 Å². The van der Waals surface area contributed by atoms with Crippen LogP contribution in [0.1, 0.15) is 18.4 Å². The van der Waals surface area contributed by atoms with E-state index in [1.54, 1.807) is 0 Å². The fourth-order valence-electron chi connectivity index (χ4n) is 1.96. The number of fused-ring (bicyclic) bond motifs is 1. The molecule has 84 valence electrons. The first-order valence-electron chi connectivity index (χ1n) is 5.52. The summed E-state index contributed by atoms with van der Waals surface area (Å²) in [4.78, 5) is 0. The van der Waals surface area contributed by atoms with Gasteiger partial charge < -0.3 is 0 Å². The summed E-state index contributed by atoms with van der Waals surface area (Å²) in [5.74, 6) is 0. The van der Waals surface area contributed by atoms with Crippen LogP contribution in [0.3, 0.4) is 0 Å². The molecule has 0 radical (unpaired) electrons. The molecular formula is C14H14F2. The lowest BCUT2D eigenvalue weighted by atomic mass is 10.0. The van der Waals surface area contributed by atoms with Gasteiger partial charge in [0, 0.05) is 6.42 Å². The molecule has 0 aromatic heterocycles. The molecule has 2 rings (SSSR count). The van der Waals surface area contributed by atoms with E-state index in [1.807, 2.05) is 42.5 Å². The molecule has 0 fully saturated rings. The maximum absolute atomic E-state index is 12.1. The van der Waals surface area contributed by atoms with Gasteiger partial charge in [-0.1, -0.05) is 42.5 Å². The van der Waals surface area contributed by atoms with Crippen molar-refractivity contribution in [3.63, 3.8) is 0 Å². The minimum Gasteiger partial charge on any atom is -0.211 e. The van der Waals surface area contributed by atoms with Crippen molar-refractivity contribution in [2.75, 3.05) is 0 Å². The van der Waals surface area contributed by atoms with E-state index < -0.39 is 6.43 Å². The van der Waals surface area contributed by atoms with E-state index in [0.29, 0.717) is 6.42 Å². The fraction of sp³-hybridized carbons (Fsp3) is 0.286. The summed E-state index contributed by atoms with van der Waals surface area (Å²) in [6.07, 6.45) is -0.921. The second kappa shape index (κ2) is 5.06. The molecule has 0 nitrogen and oxygen atoms in total. The van der Waals surface area contributed by atoms with Crippen LogP contribution in [-0.2, 0) is 6.42 Å². The highest BCUT2D eigenvalue weighted by Crippen LogP contribution is 2.20. The topological polar surface area (TPSA) is 0 Å². The van der Waals surface area contributed by atoms with Crippen molar-refractivity contribution in [1.29, 1.82) is 0 Å². The SMILES string of the molecule is FC(F)CCCc1cccc2ccccc12. The molecule has 16 heavy (non-hydrogen) atoms. The summed E-state index contributed by atoms with van der Waals surface area (Å²) in [5.41, 5.74) is 1.17. The minimum atomic E-state index is -2.19. The highest BCUT2D eigenvalue weighted by molar-refractivity contribution is 5.85. The van der Waals surface area contributed by atoms with Gasteiger partial charge in [0.25, 0.3) is 0 Å². The summed E-state index contributed by atoms with van der Waals surface area (Å²) in [5, 5.41) is 2.36. The van der Waals surface area contributed by atoms with Gasteiger partial charge in [-0.25, -0.2) is 8.78 Å². The second-order valence-corrected chi connectivity index (χ2v) is 3.92. The molecule has 0 heterocycles. The van der Waals surface area contributed by atoms with Gasteiger partial charge >= 0.3 is 0 Å². The lowest BCUT2D eigenvalue weighted by Gasteiger charge is -2.06. The number of halogens is 2. The first-order chi connectivity index (χ1) is 7.77. The average molecular weight is 220 g/mol. The molecule has 0 amide bonds. The number of alkyl halides is 2. The zero-order chi connectivity index (χ0) is 11.4. The van der Waals surface area contributed by atoms with Crippen molar-refractivity contribution in [2.45, 2.75) is 25.7 Å². The van der Waals surface area contributed by atoms with Gasteiger partial charge in [0.2, 0.25) is 6.43 Å². The van der Waals surface area contributed by atoms with E-state index in [4.69, 9.17) is 0 Å². The van der Waals surface area contributed by atoms with E-state index in [2.05, 4.69) is 0 Å². The van der Waals surface area contributed by atoms with Gasteiger partial charge in [0.05, 0.1) is 0 Å². The van der Waals surface area contributed by atoms with Crippen molar-refractivity contribution >= 4 is 10.8 Å². The quantitative estimate of drug-likeness (QED) is 0.715. The summed E-state index contributed by atoms with van der Waals surface area (Å²) in [6.45, 7) is 0. The predicted molar refractivity (Wildman–Crippen MR) is 62.9 cm³/mol. The minimum absolute atomic E-state index is 0.0107. The predicted octanol–water partition coefficient (Wildman–Crippen LogP) is 4.43. The van der Waals surface area contributed by atoms with Crippen LogP contribution in [-0.4, -0.2) is 6.43 Å². The second-order valence-electron chi connectivity index (χ2n) is 3.92. The molecule has 0 aliphatic rings. The Morgan fingerprint density at radius 2 is 1.69 bits per heavy atom. The first-order valence-corrected chi connectivity index (χ1v) is 5.52. The number of benzene rings is 2. The van der Waals surface area contributed by atoms with Crippen LogP contribution in [0.5, 0.6) is 0 Å². The van der Waals surface area contributed by atoms with Crippen molar-refractivity contribution in [3.05, 3.63) is 48.0 Å². The average Bonchev–Trinajstić information content (AvgIpc) is 2.29. The lowest BCUT2D eigenvalue weighted by Crippen LogP contribution is -1.93. The van der Waals surface area contributed by atoms with Crippen molar-refractivity contribution in [1.82, 2.24) is 0 Å². The van der Waals surface area contributed by atoms with E-state index in [-0.39, 0.29) is 6.42 Å². The molecular weight excluding hydrogens is 206 g/mol. The Balaban J connectivity index is 2.17. The zero-order valence-electron chi connectivity index (χ0n) is 9.00. The van der Waals surface area contributed by atoms with Gasteiger partial charge in [-0.05, 0) is 29.2 Å². The van der Waals surface area contributed by atoms with E-state index in [1.165, 1.54) is 16.3 Å². The molecule has 0 spiro atoms. The van der Waals surface area contributed by atoms with E-state index in [9.17, 15) is 8.78 Å². The van der Waals surface area contributed by atoms with Crippen molar-refractivity contribution in [2.24, 2.45) is 0 Å². The van der Waals surface area contributed by atoms with E-state index >= 15 is 0 Å². The Hall–Kier alpha value is -1.44. The molecule has 0 aliphatic heterocycles. The van der Waals surface area contributed by atoms with Crippen molar-refractivity contribution < 1.29 is 8.78 Å². The third-order valence-corrected chi connectivity index (χ3v) is 2.75. The maximum Gasteiger partial charge on any atom is 0.238 e. The number of rotatable bonds is 4. The molecule has 2 aromatic carbocycles. The normalized spacial score (nSPS) is 11.2. The summed E-state index contributed by atoms with van der Waals surface area (Å²) in [7, 11) is 0. The lowest BCUT2D eigenvalue weighted by molar-refractivity contribution is 0.135. The molecule has 2 heteroatoms. The zero-order valence-corrected chi connectivity index (χ0v) is 9.00. The summed E-state index contributed by atoms with van der Waals surface area (Å²) < 4.78 is 24.1. The van der Waals surface area contributed by atoms with E-state index in [0.717, 1.165) is 6.42 Å². The number of hydrogen-bond donors (Lipinski definition) is 0. The summed E-state index contributed by atoms with van der Waals surface area (Å²) in [6, 6.07) is 14.1. The van der Waals surface area contributed by atoms with Crippen LogP contribution >= 0.6 is 0 Å². The molecule has 0 saturated heterocycles. The third-order valence-electron chi connectivity index (χ3n) is 2.75. The third kappa shape index (κ3) is 2.57. The first kappa shape index (κ1) is 11.1. The smallest absolute Gasteiger partial charge is 0.211 e. The number of hydrogen-bond acceptors (Lipinski definition) is 0. The Bertz CT molecular complexity index is 458. The van der Waals surface area contributed by atoms with Crippen LogP contribution in [0, 0.1) is 0 Å². The molecule has 0 unspecified atom stereocenters. The van der Waals surface area contributed by atoms with Crippen LogP contribution in [0.25, 0.3) is 10.8 Å². The molecule has 2 aromatic rings. The Morgan fingerprint density at radius 1 is 0.938 bits per heavy atom. The standard InChI is InChI=1S/C14H14F2/c15-14(16)10-4-8-12-7-3-6-11-5-1-2-9-13(11)12/h1-3,5-7,9,14H,4,8,10H2. The van der Waals surface area contributed by atoms with Gasteiger partial charge in [0.15, 0.2) is 0 Å². The van der Waals surface area contributed by atoms with Crippen LogP contribution in [0.4, 0.5) is 8.78 Å². The highest BCUT2D eigenvalue weighted by atomic mass is 19.3.